The zero-order chi connectivity index (χ0) is 11.0. The van der Waals surface area contributed by atoms with Crippen LogP contribution in [0.15, 0.2) is 25.3 Å². The maximum absolute atomic E-state index is 5.58. The highest BCUT2D eigenvalue weighted by Crippen LogP contribution is 2.15. The summed E-state index contributed by atoms with van der Waals surface area (Å²) in [7, 11) is 0. The van der Waals surface area contributed by atoms with Crippen molar-refractivity contribution in [2.24, 2.45) is 0 Å². The van der Waals surface area contributed by atoms with Crippen LogP contribution in [0.2, 0.25) is 0 Å². The van der Waals surface area contributed by atoms with Crippen LogP contribution < -0.4 is 5.73 Å². The van der Waals surface area contributed by atoms with Crippen LogP contribution in [0.25, 0.3) is 12.2 Å². The molecule has 0 radical (unpaired) electrons. The Kier molecular flexibility index (Phi) is 5.87. The second kappa shape index (κ2) is 6.71. The zero-order valence-corrected chi connectivity index (χ0v) is 8.75. The monoisotopic (exact) mass is 191 g/mol. The Morgan fingerprint density at radius 3 is 2.50 bits per heavy atom. The van der Waals surface area contributed by atoms with Crippen LogP contribution in [-0.4, -0.2) is 10.2 Å². The maximum atomic E-state index is 5.58. The molecule has 3 nitrogen and oxygen atoms in total. The van der Waals surface area contributed by atoms with Crippen molar-refractivity contribution < 1.29 is 0 Å². The average Bonchev–Trinajstić information content (AvgIpc) is 2.59. The second-order valence-corrected chi connectivity index (χ2v) is 2.24. The topological polar surface area (TPSA) is 54.7 Å². The summed E-state index contributed by atoms with van der Waals surface area (Å²) in [5.74, 6) is 0.475. The third kappa shape index (κ3) is 2.94. The lowest BCUT2D eigenvalue weighted by Gasteiger charge is -1.89. The molecule has 14 heavy (non-hydrogen) atoms. The summed E-state index contributed by atoms with van der Waals surface area (Å²) < 4.78 is 0. The summed E-state index contributed by atoms with van der Waals surface area (Å²) in [6, 6.07) is 0. The summed E-state index contributed by atoms with van der Waals surface area (Å²) >= 11 is 0. The highest BCUT2D eigenvalue weighted by atomic mass is 15.2. The molecule has 1 aromatic heterocycles. The third-order valence-electron chi connectivity index (χ3n) is 1.47. The molecule has 3 N–H and O–H groups in total. The van der Waals surface area contributed by atoms with Crippen LogP contribution in [0, 0.1) is 0 Å². The molecule has 0 fully saturated rings. The summed E-state index contributed by atoms with van der Waals surface area (Å²) in [5.41, 5.74) is 7.26. The number of nitrogens with zero attached hydrogens (tertiary/aromatic N) is 1. The lowest BCUT2D eigenvalue weighted by atomic mass is 10.2. The minimum absolute atomic E-state index is 0.475. The van der Waals surface area contributed by atoms with Gasteiger partial charge >= 0.3 is 0 Å². The van der Waals surface area contributed by atoms with E-state index in [9.17, 15) is 0 Å². The summed E-state index contributed by atoms with van der Waals surface area (Å²) in [5, 5.41) is 6.59. The van der Waals surface area contributed by atoms with Crippen LogP contribution in [0.3, 0.4) is 0 Å². The van der Waals surface area contributed by atoms with E-state index in [0.717, 1.165) is 11.3 Å². The number of allylic oxidation sites excluding steroid dienone is 2. The van der Waals surface area contributed by atoms with E-state index < -0.39 is 0 Å². The molecule has 0 aliphatic carbocycles. The highest BCUT2D eigenvalue weighted by Gasteiger charge is 2.02. The summed E-state index contributed by atoms with van der Waals surface area (Å²) in [4.78, 5) is 0. The molecule has 0 bridgehead atoms. The number of aromatic amines is 1. The Balaban J connectivity index is 0.000000791. The number of nitrogen functional groups attached to an aromatic ring is 1. The van der Waals surface area contributed by atoms with Gasteiger partial charge in [0.1, 0.15) is 0 Å². The molecule has 1 aromatic rings. The van der Waals surface area contributed by atoms with Crippen molar-refractivity contribution in [2.75, 3.05) is 5.73 Å². The first kappa shape index (κ1) is 12.2. The Morgan fingerprint density at radius 1 is 1.36 bits per heavy atom. The highest BCUT2D eigenvalue weighted by molar-refractivity contribution is 5.70. The Bertz CT molecular complexity index is 321. The first-order valence-electron chi connectivity index (χ1n) is 4.55. The van der Waals surface area contributed by atoms with E-state index in [2.05, 4.69) is 23.4 Å². The van der Waals surface area contributed by atoms with Gasteiger partial charge < -0.3 is 5.73 Å². The molecule has 0 saturated carbocycles. The van der Waals surface area contributed by atoms with Gasteiger partial charge in [-0.1, -0.05) is 39.2 Å². The van der Waals surface area contributed by atoms with Crippen molar-refractivity contribution in [3.63, 3.8) is 0 Å². The number of rotatable bonds is 3. The van der Waals surface area contributed by atoms with Crippen molar-refractivity contribution in [1.82, 2.24) is 10.2 Å². The van der Waals surface area contributed by atoms with Crippen LogP contribution in [0.5, 0.6) is 0 Å². The van der Waals surface area contributed by atoms with Crippen LogP contribution in [0.1, 0.15) is 25.1 Å². The van der Waals surface area contributed by atoms with Gasteiger partial charge in [-0.25, -0.2) is 0 Å². The number of hydrogen-bond acceptors (Lipinski definition) is 2. The maximum Gasteiger partial charge on any atom is 0.153 e. The van der Waals surface area contributed by atoms with Gasteiger partial charge in [-0.05, 0) is 12.2 Å². The SMILES string of the molecule is C=C/C=C\c1c(N)n[nH]c1C=C.CC. The molecule has 0 atom stereocenters. The van der Waals surface area contributed by atoms with Gasteiger partial charge in [0.05, 0.1) is 5.69 Å². The fourth-order valence-electron chi connectivity index (χ4n) is 0.874. The van der Waals surface area contributed by atoms with Crippen molar-refractivity contribution in [3.8, 4) is 0 Å². The van der Waals surface area contributed by atoms with Gasteiger partial charge in [0.2, 0.25) is 0 Å². The van der Waals surface area contributed by atoms with Crippen LogP contribution in [0.4, 0.5) is 5.82 Å². The van der Waals surface area contributed by atoms with Gasteiger partial charge in [0, 0.05) is 5.56 Å². The molecule has 0 aliphatic rings. The molecule has 76 valence electrons. The first-order chi connectivity index (χ1) is 6.79. The lowest BCUT2D eigenvalue weighted by Crippen LogP contribution is -1.86. The molecule has 0 unspecified atom stereocenters. The van der Waals surface area contributed by atoms with Gasteiger partial charge in [0.25, 0.3) is 0 Å². The Hall–Kier alpha value is -1.77. The van der Waals surface area contributed by atoms with Crippen LogP contribution in [-0.2, 0) is 0 Å². The Morgan fingerprint density at radius 2 is 2.00 bits per heavy atom. The van der Waals surface area contributed by atoms with E-state index >= 15 is 0 Å². The molecule has 0 aromatic carbocycles. The number of aromatic nitrogens is 2. The lowest BCUT2D eigenvalue weighted by molar-refractivity contribution is 1.09. The molecule has 0 amide bonds. The molecule has 0 aliphatic heterocycles. The Labute approximate surface area is 85.0 Å². The quantitative estimate of drug-likeness (QED) is 0.722. The predicted molar refractivity (Wildman–Crippen MR) is 63.7 cm³/mol. The van der Waals surface area contributed by atoms with E-state index in [4.69, 9.17) is 5.73 Å². The van der Waals surface area contributed by atoms with E-state index in [-0.39, 0.29) is 0 Å². The van der Waals surface area contributed by atoms with Gasteiger partial charge in [-0.15, -0.1) is 0 Å². The van der Waals surface area contributed by atoms with Gasteiger partial charge in [-0.2, -0.15) is 5.10 Å². The molecule has 1 heterocycles. The number of anilines is 1. The van der Waals surface area contributed by atoms with Crippen molar-refractivity contribution in [3.05, 3.63) is 36.6 Å². The fourth-order valence-corrected chi connectivity index (χ4v) is 0.874. The van der Waals surface area contributed by atoms with Gasteiger partial charge in [0.15, 0.2) is 5.82 Å². The summed E-state index contributed by atoms with van der Waals surface area (Å²) in [6.45, 7) is 11.2. The van der Waals surface area contributed by atoms with Gasteiger partial charge in [-0.3, -0.25) is 5.10 Å². The van der Waals surface area contributed by atoms with Crippen molar-refractivity contribution >= 4 is 18.0 Å². The molecular weight excluding hydrogens is 174 g/mol. The summed E-state index contributed by atoms with van der Waals surface area (Å²) in [6.07, 6.45) is 6.99. The molecular formula is C11H17N3. The van der Waals surface area contributed by atoms with E-state index in [1.165, 1.54) is 0 Å². The number of nitrogens with two attached hydrogens (primary N) is 1. The fraction of sp³-hybridized carbons (Fsp3) is 0.182. The second-order valence-electron chi connectivity index (χ2n) is 2.24. The normalized spacial score (nSPS) is 9.29. The minimum atomic E-state index is 0.475. The molecule has 1 rings (SSSR count). The number of hydrogen-bond donors (Lipinski definition) is 2. The largest absolute Gasteiger partial charge is 0.382 e. The van der Waals surface area contributed by atoms with E-state index in [0.29, 0.717) is 5.82 Å². The number of H-pyrrole nitrogens is 1. The van der Waals surface area contributed by atoms with E-state index in [1.54, 1.807) is 18.2 Å². The third-order valence-corrected chi connectivity index (χ3v) is 1.47. The molecule has 0 saturated heterocycles. The van der Waals surface area contributed by atoms with Crippen molar-refractivity contribution in [2.45, 2.75) is 13.8 Å². The molecule has 3 heteroatoms. The van der Waals surface area contributed by atoms with Crippen molar-refractivity contribution in [1.29, 1.82) is 0 Å². The standard InChI is InChI=1S/C9H11N3.C2H6/c1-3-5-6-7-8(4-2)11-12-9(7)10;1-2/h3-6H,1-2H2,(H3,10,11,12);1-2H3/b6-5-;. The molecule has 0 spiro atoms. The minimum Gasteiger partial charge on any atom is -0.382 e. The number of nitrogens with one attached hydrogen (secondary N) is 1. The average molecular weight is 191 g/mol. The van der Waals surface area contributed by atoms with Crippen LogP contribution >= 0.6 is 0 Å². The predicted octanol–water partition coefficient (Wildman–Crippen LogP) is 2.86. The smallest absolute Gasteiger partial charge is 0.153 e. The zero-order valence-electron chi connectivity index (χ0n) is 8.75. The van der Waals surface area contributed by atoms with E-state index in [1.807, 2.05) is 19.9 Å². The first-order valence-corrected chi connectivity index (χ1v) is 4.55.